The fourth-order valence-electron chi connectivity index (χ4n) is 3.24. The fourth-order valence-corrected chi connectivity index (χ4v) is 4.25. The van der Waals surface area contributed by atoms with Crippen LogP contribution in [-0.2, 0) is 6.42 Å². The lowest BCUT2D eigenvalue weighted by Gasteiger charge is -2.34. The predicted octanol–water partition coefficient (Wildman–Crippen LogP) is 3.00. The van der Waals surface area contributed by atoms with Crippen LogP contribution >= 0.6 is 11.3 Å². The van der Waals surface area contributed by atoms with Gasteiger partial charge >= 0.3 is 0 Å². The van der Waals surface area contributed by atoms with Gasteiger partial charge in [0.25, 0.3) is 5.91 Å². The van der Waals surface area contributed by atoms with Gasteiger partial charge in [-0.25, -0.2) is 15.0 Å². The molecule has 7 heteroatoms. The van der Waals surface area contributed by atoms with Gasteiger partial charge in [-0.15, -0.1) is 0 Å². The molecule has 1 aromatic carbocycles. The Morgan fingerprint density at radius 2 is 2.00 bits per heavy atom. The average molecular weight is 367 g/mol. The quantitative estimate of drug-likeness (QED) is 0.709. The van der Waals surface area contributed by atoms with Gasteiger partial charge in [0.15, 0.2) is 5.13 Å². The van der Waals surface area contributed by atoms with Gasteiger partial charge in [0, 0.05) is 32.4 Å². The maximum atomic E-state index is 12.9. The lowest BCUT2D eigenvalue weighted by Crippen LogP contribution is -2.49. The third-order valence-corrected chi connectivity index (χ3v) is 5.73. The minimum Gasteiger partial charge on any atom is -0.345 e. The first-order valence-electron chi connectivity index (χ1n) is 8.95. The Kier molecular flexibility index (Phi) is 4.79. The van der Waals surface area contributed by atoms with Crippen LogP contribution in [0.15, 0.2) is 36.8 Å². The van der Waals surface area contributed by atoms with Gasteiger partial charge in [0.05, 0.1) is 21.5 Å². The van der Waals surface area contributed by atoms with Crippen molar-refractivity contribution in [2.75, 3.05) is 31.1 Å². The highest BCUT2D eigenvalue weighted by molar-refractivity contribution is 7.22. The fraction of sp³-hybridized carbons (Fsp3) is 0.368. The van der Waals surface area contributed by atoms with Gasteiger partial charge in [-0.1, -0.05) is 36.8 Å². The van der Waals surface area contributed by atoms with E-state index in [0.29, 0.717) is 18.7 Å². The smallest absolute Gasteiger partial charge is 0.257 e. The third-order valence-electron chi connectivity index (χ3n) is 4.63. The minimum absolute atomic E-state index is 0.0398. The zero-order valence-corrected chi connectivity index (χ0v) is 15.6. The maximum absolute atomic E-state index is 12.9. The molecule has 1 amide bonds. The van der Waals surface area contributed by atoms with Crippen LogP contribution in [0.25, 0.3) is 10.2 Å². The molecule has 0 N–H and O–H groups in total. The molecular formula is C19H21N5OS. The molecule has 3 heterocycles. The van der Waals surface area contributed by atoms with Gasteiger partial charge < -0.3 is 9.80 Å². The summed E-state index contributed by atoms with van der Waals surface area (Å²) in [6.45, 7) is 5.06. The summed E-state index contributed by atoms with van der Waals surface area (Å²) in [7, 11) is 0. The molecule has 1 saturated heterocycles. The number of thiazole rings is 1. The molecule has 0 aliphatic carbocycles. The molecule has 0 unspecified atom stereocenters. The third kappa shape index (κ3) is 3.26. The minimum atomic E-state index is 0.0398. The van der Waals surface area contributed by atoms with Crippen molar-refractivity contribution in [1.82, 2.24) is 19.9 Å². The number of hydrogen-bond donors (Lipinski definition) is 0. The number of benzene rings is 1. The summed E-state index contributed by atoms with van der Waals surface area (Å²) in [5.74, 6) is 0.0398. The van der Waals surface area contributed by atoms with Crippen molar-refractivity contribution in [3.8, 4) is 0 Å². The normalized spacial score (nSPS) is 14.8. The molecule has 0 atom stereocenters. The highest BCUT2D eigenvalue weighted by atomic mass is 32.1. The summed E-state index contributed by atoms with van der Waals surface area (Å²) in [6.07, 6.45) is 4.94. The van der Waals surface area contributed by atoms with Gasteiger partial charge in [0.1, 0.15) is 6.33 Å². The molecule has 2 aromatic heterocycles. The van der Waals surface area contributed by atoms with Crippen LogP contribution in [0.5, 0.6) is 0 Å². The molecule has 4 rings (SSSR count). The molecule has 26 heavy (non-hydrogen) atoms. The Labute approximate surface area is 156 Å². The van der Waals surface area contributed by atoms with Crippen LogP contribution in [0.4, 0.5) is 5.13 Å². The van der Waals surface area contributed by atoms with E-state index in [2.05, 4.69) is 27.9 Å². The summed E-state index contributed by atoms with van der Waals surface area (Å²) in [5, 5.41) is 1.04. The SMILES string of the molecule is CCCc1ncncc1C(=O)N1CCN(c2nc3ccccc3s2)CC1. The number of piperazine rings is 1. The number of amides is 1. The number of aryl methyl sites for hydroxylation is 1. The molecule has 6 nitrogen and oxygen atoms in total. The molecule has 134 valence electrons. The first-order valence-corrected chi connectivity index (χ1v) is 9.76. The Bertz CT molecular complexity index is 884. The second-order valence-corrected chi connectivity index (χ2v) is 7.39. The molecule has 1 fully saturated rings. The van der Waals surface area contributed by atoms with E-state index in [1.54, 1.807) is 17.5 Å². The van der Waals surface area contributed by atoms with E-state index < -0.39 is 0 Å². The number of hydrogen-bond acceptors (Lipinski definition) is 6. The lowest BCUT2D eigenvalue weighted by molar-refractivity contribution is 0.0744. The van der Waals surface area contributed by atoms with E-state index in [-0.39, 0.29) is 5.91 Å². The van der Waals surface area contributed by atoms with Gasteiger partial charge in [-0.05, 0) is 18.6 Å². The van der Waals surface area contributed by atoms with E-state index in [1.807, 2.05) is 23.1 Å². The van der Waals surface area contributed by atoms with Gasteiger partial charge in [0.2, 0.25) is 0 Å². The number of anilines is 1. The van der Waals surface area contributed by atoms with Crippen LogP contribution in [0.1, 0.15) is 29.4 Å². The van der Waals surface area contributed by atoms with Crippen LogP contribution in [0.2, 0.25) is 0 Å². The number of rotatable bonds is 4. The Morgan fingerprint density at radius 3 is 2.77 bits per heavy atom. The second-order valence-electron chi connectivity index (χ2n) is 6.38. The van der Waals surface area contributed by atoms with Crippen molar-refractivity contribution in [1.29, 1.82) is 0 Å². The van der Waals surface area contributed by atoms with E-state index in [0.717, 1.165) is 42.3 Å². The molecule has 0 bridgehead atoms. The van der Waals surface area contributed by atoms with Crippen LogP contribution in [0.3, 0.4) is 0 Å². The van der Waals surface area contributed by atoms with Crippen LogP contribution in [-0.4, -0.2) is 51.9 Å². The molecule has 0 saturated carbocycles. The zero-order chi connectivity index (χ0) is 17.9. The number of para-hydroxylation sites is 1. The van der Waals surface area contributed by atoms with Gasteiger partial charge in [-0.3, -0.25) is 4.79 Å². The summed E-state index contributed by atoms with van der Waals surface area (Å²) in [5.41, 5.74) is 2.53. The number of carbonyl (C=O) groups is 1. The topological polar surface area (TPSA) is 62.2 Å². The van der Waals surface area contributed by atoms with Crippen LogP contribution in [0, 0.1) is 0 Å². The molecular weight excluding hydrogens is 346 g/mol. The van der Waals surface area contributed by atoms with Crippen molar-refractivity contribution >= 4 is 32.6 Å². The van der Waals surface area contributed by atoms with Crippen molar-refractivity contribution in [2.24, 2.45) is 0 Å². The summed E-state index contributed by atoms with van der Waals surface area (Å²) >= 11 is 1.71. The highest BCUT2D eigenvalue weighted by Crippen LogP contribution is 2.29. The number of aromatic nitrogens is 3. The zero-order valence-electron chi connectivity index (χ0n) is 14.8. The Balaban J connectivity index is 1.45. The number of carbonyl (C=O) groups excluding carboxylic acids is 1. The average Bonchev–Trinajstić information content (AvgIpc) is 3.12. The second kappa shape index (κ2) is 7.37. The molecule has 0 spiro atoms. The van der Waals surface area contributed by atoms with Crippen molar-refractivity contribution < 1.29 is 4.79 Å². The summed E-state index contributed by atoms with van der Waals surface area (Å²) in [4.78, 5) is 30.1. The van der Waals surface area contributed by atoms with Crippen molar-refractivity contribution in [2.45, 2.75) is 19.8 Å². The maximum Gasteiger partial charge on any atom is 0.257 e. The molecule has 0 radical (unpaired) electrons. The standard InChI is InChI=1S/C19H21N5OS/c1-2-5-15-14(12-20-13-21-15)18(25)23-8-10-24(11-9-23)19-22-16-6-3-4-7-17(16)26-19/h3-4,6-7,12-13H,2,5,8-11H2,1H3. The van der Waals surface area contributed by atoms with Crippen molar-refractivity contribution in [3.05, 3.63) is 48.0 Å². The van der Waals surface area contributed by atoms with E-state index in [1.165, 1.54) is 11.0 Å². The molecule has 3 aromatic rings. The van der Waals surface area contributed by atoms with E-state index in [9.17, 15) is 4.79 Å². The number of fused-ring (bicyclic) bond motifs is 1. The lowest BCUT2D eigenvalue weighted by atomic mass is 10.1. The monoisotopic (exact) mass is 367 g/mol. The first kappa shape index (κ1) is 16.9. The van der Waals surface area contributed by atoms with Crippen LogP contribution < -0.4 is 4.90 Å². The first-order chi connectivity index (χ1) is 12.8. The highest BCUT2D eigenvalue weighted by Gasteiger charge is 2.25. The summed E-state index contributed by atoms with van der Waals surface area (Å²) in [6, 6.07) is 8.19. The molecule has 1 aliphatic heterocycles. The predicted molar refractivity (Wildman–Crippen MR) is 104 cm³/mol. The Morgan fingerprint density at radius 1 is 1.19 bits per heavy atom. The van der Waals surface area contributed by atoms with Gasteiger partial charge in [-0.2, -0.15) is 0 Å². The van der Waals surface area contributed by atoms with E-state index in [4.69, 9.17) is 4.98 Å². The largest absolute Gasteiger partial charge is 0.345 e. The number of nitrogens with zero attached hydrogens (tertiary/aromatic N) is 5. The molecule has 1 aliphatic rings. The summed E-state index contributed by atoms with van der Waals surface area (Å²) < 4.78 is 1.20. The van der Waals surface area contributed by atoms with Crippen molar-refractivity contribution in [3.63, 3.8) is 0 Å². The van der Waals surface area contributed by atoms with E-state index >= 15 is 0 Å². The Hall–Kier alpha value is -2.54.